The van der Waals surface area contributed by atoms with Crippen LogP contribution >= 0.6 is 18.7 Å². The summed E-state index contributed by atoms with van der Waals surface area (Å²) in [6.07, 6.45) is 2.04. The van der Waals surface area contributed by atoms with Gasteiger partial charge in [0.05, 0.1) is 33.3 Å². The molecule has 2 aromatic heterocycles. The van der Waals surface area contributed by atoms with Gasteiger partial charge < -0.3 is 28.8 Å². The van der Waals surface area contributed by atoms with Crippen LogP contribution in [0.1, 0.15) is 39.7 Å². The lowest BCUT2D eigenvalue weighted by Crippen LogP contribution is -2.38. The molecule has 6 aromatic rings. The number of nitrogens with zero attached hydrogens (tertiary/aromatic N) is 4. The Labute approximate surface area is 307 Å². The number of rotatable bonds is 13. The molecule has 0 saturated carbocycles. The van der Waals surface area contributed by atoms with Crippen LogP contribution in [-0.2, 0) is 19.6 Å². The lowest BCUT2D eigenvalue weighted by atomic mass is 9.80. The number of anilines is 1. The number of imidazole rings is 1. The third-order valence-electron chi connectivity index (χ3n) is 9.04. The van der Waals surface area contributed by atoms with Crippen molar-refractivity contribution in [3.8, 4) is 11.5 Å². The first-order chi connectivity index (χ1) is 25.4. The summed E-state index contributed by atoms with van der Waals surface area (Å²) in [6.45, 7) is 1.99. The highest BCUT2D eigenvalue weighted by Crippen LogP contribution is 2.47. The fourth-order valence-corrected chi connectivity index (χ4v) is 7.43. The maximum absolute atomic E-state index is 12.9. The van der Waals surface area contributed by atoms with Crippen molar-refractivity contribution in [1.82, 2.24) is 19.5 Å². The summed E-state index contributed by atoms with van der Waals surface area (Å²) in [7, 11) is 2.03. The number of nitrogens with one attached hydrogen (secondary N) is 1. The molecule has 1 fully saturated rings. The van der Waals surface area contributed by atoms with Crippen LogP contribution in [0.2, 0.25) is 0 Å². The van der Waals surface area contributed by atoms with E-state index in [0.717, 1.165) is 28.2 Å². The topological polar surface area (TPSA) is 119 Å². The number of amides is 1. The lowest BCUT2D eigenvalue weighted by Gasteiger charge is -2.37. The van der Waals surface area contributed by atoms with E-state index >= 15 is 0 Å². The van der Waals surface area contributed by atoms with E-state index in [1.54, 1.807) is 44.8 Å². The molecule has 7 rings (SSSR count). The summed E-state index contributed by atoms with van der Waals surface area (Å²) in [5.41, 5.74) is 3.11. The van der Waals surface area contributed by atoms with Gasteiger partial charge in [-0.2, -0.15) is 0 Å². The van der Waals surface area contributed by atoms with Gasteiger partial charge >= 0.3 is 0 Å². The highest BCUT2D eigenvalue weighted by molar-refractivity contribution is 7.79. The predicted octanol–water partition coefficient (Wildman–Crippen LogP) is 7.96. The van der Waals surface area contributed by atoms with Crippen LogP contribution < -0.4 is 14.8 Å². The Morgan fingerprint density at radius 3 is 2.06 bits per heavy atom. The molecule has 266 valence electrons. The number of fused-ring (bicyclic) bond motifs is 1. The normalized spacial score (nSPS) is 17.9. The summed E-state index contributed by atoms with van der Waals surface area (Å²) in [6, 6.07) is 34.7. The fraction of sp³-hybridized carbons (Fsp3) is 0.231. The molecule has 0 bridgehead atoms. The van der Waals surface area contributed by atoms with Crippen LogP contribution in [0, 0.1) is 0 Å². The average Bonchev–Trinajstić information content (AvgIpc) is 3.80. The van der Waals surface area contributed by atoms with Gasteiger partial charge in [0.25, 0.3) is 5.91 Å². The van der Waals surface area contributed by atoms with Crippen molar-refractivity contribution < 1.29 is 28.3 Å². The maximum Gasteiger partial charge on any atom is 0.256 e. The Bertz CT molecular complexity index is 2050. The summed E-state index contributed by atoms with van der Waals surface area (Å²) >= 11 is 6.49. The zero-order valence-electron chi connectivity index (χ0n) is 28.8. The second-order valence-electron chi connectivity index (χ2n) is 12.1. The van der Waals surface area contributed by atoms with Crippen molar-refractivity contribution >= 4 is 41.6 Å². The number of carbonyl (C=O) groups is 1. The predicted molar refractivity (Wildman–Crippen MR) is 200 cm³/mol. The van der Waals surface area contributed by atoms with Gasteiger partial charge in [-0.1, -0.05) is 84.0 Å². The summed E-state index contributed by atoms with van der Waals surface area (Å²) in [5.74, 6) is 1.46. The van der Waals surface area contributed by atoms with Crippen molar-refractivity contribution in [3.05, 3.63) is 144 Å². The maximum atomic E-state index is 12.9. The van der Waals surface area contributed by atoms with Crippen molar-refractivity contribution in [2.75, 3.05) is 32.8 Å². The number of hydrogen-bond donors (Lipinski definition) is 1. The number of hydrogen-bond acceptors (Lipinski definition) is 9. The average molecular weight is 738 g/mol. The first kappa shape index (κ1) is 35.5. The number of halogens is 1. The molecule has 3 heterocycles. The highest BCUT2D eigenvalue weighted by Gasteiger charge is 2.43. The van der Waals surface area contributed by atoms with Gasteiger partial charge in [-0.25, -0.2) is 15.0 Å². The van der Waals surface area contributed by atoms with Crippen LogP contribution in [0.3, 0.4) is 0 Å². The minimum atomic E-state index is -1.26. The van der Waals surface area contributed by atoms with Gasteiger partial charge in [-0.05, 0) is 59.8 Å². The van der Waals surface area contributed by atoms with Crippen molar-refractivity contribution in [2.45, 2.75) is 30.5 Å². The van der Waals surface area contributed by atoms with Gasteiger partial charge in [0, 0.05) is 12.0 Å². The van der Waals surface area contributed by atoms with Crippen molar-refractivity contribution in [3.63, 3.8) is 0 Å². The van der Waals surface area contributed by atoms with Crippen LogP contribution in [0.15, 0.2) is 122 Å². The van der Waals surface area contributed by atoms with Gasteiger partial charge in [-0.3, -0.25) is 9.36 Å². The molecule has 1 N–H and O–H groups in total. The monoisotopic (exact) mass is 737 g/mol. The smallest absolute Gasteiger partial charge is 0.256 e. The molecule has 0 radical (unpaired) electrons. The summed E-state index contributed by atoms with van der Waals surface area (Å²) in [4.78, 5) is 26.4. The molecular weight excluding hydrogens is 701 g/mol. The molecule has 1 unspecified atom stereocenters. The van der Waals surface area contributed by atoms with Crippen molar-refractivity contribution in [1.29, 1.82) is 0 Å². The van der Waals surface area contributed by atoms with Gasteiger partial charge in [0.1, 0.15) is 43.3 Å². The number of methoxy groups -OCH3 is 2. The van der Waals surface area contributed by atoms with E-state index in [1.807, 2.05) is 84.0 Å². The zero-order valence-corrected chi connectivity index (χ0v) is 30.4. The van der Waals surface area contributed by atoms with Crippen molar-refractivity contribution in [2.24, 2.45) is 0 Å². The Kier molecular flexibility index (Phi) is 10.8. The third-order valence-corrected chi connectivity index (χ3v) is 9.84. The van der Waals surface area contributed by atoms with E-state index in [-0.39, 0.29) is 12.5 Å². The fourth-order valence-electron chi connectivity index (χ4n) is 6.52. The highest BCUT2D eigenvalue weighted by atomic mass is 35.7. The van der Waals surface area contributed by atoms with E-state index < -0.39 is 31.5 Å². The SMILES string of the molecule is COc1ccc(C(OC[C@H]2O[C@@H](n3cnc4c(NC(=O)c5ccccc5)ncnc43)C[C@@H]2OP(C)Cl)(c2ccccc2)c2ccc(OC)cc2)cc1. The van der Waals surface area contributed by atoms with E-state index in [0.29, 0.717) is 29.0 Å². The third kappa shape index (κ3) is 7.24. The minimum absolute atomic E-state index is 0.147. The molecule has 4 atom stereocenters. The van der Waals surface area contributed by atoms with Crippen LogP contribution in [0.5, 0.6) is 11.5 Å². The molecule has 1 aliphatic rings. The quantitative estimate of drug-likeness (QED) is 0.0930. The van der Waals surface area contributed by atoms with E-state index in [2.05, 4.69) is 32.4 Å². The standard InChI is InChI=1S/C39H37ClN5O6P/c1-47-30-18-14-28(15-19-30)39(27-12-8-5-9-13-27,29-16-20-31(48-2)21-17-29)49-23-33-32(51-52(3)40)22-34(50-33)45-25-43-35-36(41-24-42-37(35)45)44-38(46)26-10-6-4-7-11-26/h4-21,24-25,32-34H,22-23H2,1-3H3,(H,41,42,44,46)/t32-,33+,34+,52?/m0/s1. The van der Waals surface area contributed by atoms with Gasteiger partial charge in [0.15, 0.2) is 17.0 Å². The number of benzene rings is 4. The lowest BCUT2D eigenvalue weighted by molar-refractivity contribution is -0.0892. The molecule has 1 amide bonds. The Morgan fingerprint density at radius 1 is 0.865 bits per heavy atom. The minimum Gasteiger partial charge on any atom is -0.497 e. The van der Waals surface area contributed by atoms with Crippen LogP contribution in [0.25, 0.3) is 11.2 Å². The zero-order chi connectivity index (χ0) is 36.1. The molecule has 1 aliphatic heterocycles. The van der Waals surface area contributed by atoms with Crippen LogP contribution in [0.4, 0.5) is 5.82 Å². The molecule has 11 nitrogen and oxygen atoms in total. The summed E-state index contributed by atoms with van der Waals surface area (Å²) in [5, 5.41) is 2.86. The number of carbonyl (C=O) groups excluding carboxylic acids is 1. The van der Waals surface area contributed by atoms with E-state index in [4.69, 9.17) is 34.7 Å². The molecule has 52 heavy (non-hydrogen) atoms. The Hall–Kier alpha value is -4.90. The largest absolute Gasteiger partial charge is 0.497 e. The molecule has 4 aromatic carbocycles. The van der Waals surface area contributed by atoms with Gasteiger partial charge in [-0.15, -0.1) is 0 Å². The Morgan fingerprint density at radius 2 is 1.46 bits per heavy atom. The Balaban J connectivity index is 1.22. The molecule has 1 saturated heterocycles. The second-order valence-corrected chi connectivity index (χ2v) is 14.6. The van der Waals surface area contributed by atoms with Crippen LogP contribution in [-0.4, -0.2) is 65.1 Å². The number of aromatic nitrogens is 4. The molecular formula is C39H37ClN5O6P. The van der Waals surface area contributed by atoms with Gasteiger partial charge in [0.2, 0.25) is 0 Å². The molecule has 13 heteroatoms. The first-order valence-electron chi connectivity index (χ1n) is 16.6. The molecule has 0 spiro atoms. The second kappa shape index (κ2) is 15.8. The van der Waals surface area contributed by atoms with E-state index in [1.165, 1.54) is 6.33 Å². The molecule has 0 aliphatic carbocycles. The number of ether oxygens (including phenoxy) is 4. The summed E-state index contributed by atoms with van der Waals surface area (Å²) < 4.78 is 33.0. The first-order valence-corrected chi connectivity index (χ1v) is 19.2. The van der Waals surface area contributed by atoms with E-state index in [9.17, 15) is 4.79 Å².